The average Bonchev–Trinajstić information content (AvgIpc) is 3.43. The van der Waals surface area contributed by atoms with Gasteiger partial charge in [0.1, 0.15) is 5.75 Å². The Morgan fingerprint density at radius 3 is 2.62 bits per heavy atom. The first-order chi connectivity index (χ1) is 14.2. The number of hydrogen-bond acceptors (Lipinski definition) is 4. The summed E-state index contributed by atoms with van der Waals surface area (Å²) < 4.78 is 5.26. The molecule has 0 radical (unpaired) electrons. The third kappa shape index (κ3) is 4.91. The van der Waals surface area contributed by atoms with Crippen LogP contribution in [0.3, 0.4) is 0 Å². The van der Waals surface area contributed by atoms with Crippen LogP contribution in [0.2, 0.25) is 0 Å². The molecule has 29 heavy (non-hydrogen) atoms. The number of nitrogens with zero attached hydrogens (tertiary/aromatic N) is 2. The second-order valence-electron chi connectivity index (χ2n) is 8.14. The molecule has 0 aliphatic carbocycles. The van der Waals surface area contributed by atoms with E-state index in [1.165, 1.54) is 11.3 Å². The first-order valence-electron chi connectivity index (χ1n) is 10.7. The van der Waals surface area contributed by atoms with E-state index in [2.05, 4.69) is 57.6 Å². The number of benzene rings is 2. The highest BCUT2D eigenvalue weighted by Gasteiger charge is 2.28. The van der Waals surface area contributed by atoms with Crippen molar-refractivity contribution < 1.29 is 9.53 Å². The van der Waals surface area contributed by atoms with Gasteiger partial charge in [0.05, 0.1) is 13.7 Å². The number of carbonyl (C=O) groups is 1. The molecule has 0 bridgehead atoms. The maximum atomic E-state index is 12.6. The summed E-state index contributed by atoms with van der Waals surface area (Å²) in [4.78, 5) is 17.3. The Hall–Kier alpha value is -2.53. The molecule has 0 spiro atoms. The molecule has 2 saturated heterocycles. The third-order valence-electron chi connectivity index (χ3n) is 6.21. The van der Waals surface area contributed by atoms with Crippen molar-refractivity contribution in [2.45, 2.75) is 25.3 Å². The number of rotatable bonds is 7. The third-order valence-corrected chi connectivity index (χ3v) is 6.21. The van der Waals surface area contributed by atoms with E-state index in [1.54, 1.807) is 7.11 Å². The predicted octanol–water partition coefficient (Wildman–Crippen LogP) is 3.47. The van der Waals surface area contributed by atoms with Crippen molar-refractivity contribution in [3.63, 3.8) is 0 Å². The Morgan fingerprint density at radius 1 is 1.07 bits per heavy atom. The molecule has 2 atom stereocenters. The van der Waals surface area contributed by atoms with E-state index in [4.69, 9.17) is 4.74 Å². The molecule has 1 amide bonds. The number of anilines is 1. The SMILES string of the molecule is COc1ccc(C2CCCN2CC(=O)NCC2CCN(c3ccccc3)C2)cc1. The number of hydrogen-bond donors (Lipinski definition) is 1. The minimum Gasteiger partial charge on any atom is -0.497 e. The Labute approximate surface area is 173 Å². The normalized spacial score (nSPS) is 22.0. The van der Waals surface area contributed by atoms with Crippen LogP contribution in [0, 0.1) is 5.92 Å². The first kappa shape index (κ1) is 19.8. The van der Waals surface area contributed by atoms with Crippen molar-refractivity contribution >= 4 is 11.6 Å². The van der Waals surface area contributed by atoms with Gasteiger partial charge in [-0.1, -0.05) is 30.3 Å². The zero-order valence-electron chi connectivity index (χ0n) is 17.2. The van der Waals surface area contributed by atoms with Gasteiger partial charge in [0.15, 0.2) is 0 Å². The van der Waals surface area contributed by atoms with Gasteiger partial charge in [0.2, 0.25) is 5.91 Å². The predicted molar refractivity (Wildman–Crippen MR) is 116 cm³/mol. The van der Waals surface area contributed by atoms with Crippen molar-refractivity contribution in [3.05, 3.63) is 60.2 Å². The van der Waals surface area contributed by atoms with Gasteiger partial charge < -0.3 is 15.0 Å². The number of ether oxygens (including phenoxy) is 1. The van der Waals surface area contributed by atoms with Gasteiger partial charge in [-0.05, 0) is 61.6 Å². The molecule has 0 saturated carbocycles. The molecule has 2 fully saturated rings. The number of likely N-dealkylation sites (tertiary alicyclic amines) is 1. The highest BCUT2D eigenvalue weighted by Crippen LogP contribution is 2.32. The standard InChI is InChI=1S/C24H31N3O2/c1-29-22-11-9-20(10-12-22)23-8-5-14-27(23)18-24(28)25-16-19-13-15-26(17-19)21-6-3-2-4-7-21/h2-4,6-7,9-12,19,23H,5,8,13-18H2,1H3,(H,25,28). The van der Waals surface area contributed by atoms with Crippen LogP contribution in [-0.2, 0) is 4.79 Å². The Bertz CT molecular complexity index is 794. The number of amides is 1. The van der Waals surface area contributed by atoms with E-state index < -0.39 is 0 Å². The topological polar surface area (TPSA) is 44.8 Å². The van der Waals surface area contributed by atoms with Crippen molar-refractivity contribution in [2.75, 3.05) is 44.7 Å². The van der Waals surface area contributed by atoms with E-state index in [-0.39, 0.29) is 5.91 Å². The number of carbonyl (C=O) groups excluding carboxylic acids is 1. The molecule has 2 aromatic carbocycles. The van der Waals surface area contributed by atoms with Gasteiger partial charge in [0.25, 0.3) is 0 Å². The van der Waals surface area contributed by atoms with Crippen LogP contribution in [0.15, 0.2) is 54.6 Å². The van der Waals surface area contributed by atoms with Crippen LogP contribution in [-0.4, -0.2) is 50.6 Å². The van der Waals surface area contributed by atoms with Gasteiger partial charge >= 0.3 is 0 Å². The maximum Gasteiger partial charge on any atom is 0.234 e. The lowest BCUT2D eigenvalue weighted by Gasteiger charge is -2.25. The van der Waals surface area contributed by atoms with Crippen molar-refractivity contribution in [1.82, 2.24) is 10.2 Å². The Morgan fingerprint density at radius 2 is 1.86 bits per heavy atom. The monoisotopic (exact) mass is 393 g/mol. The molecule has 4 rings (SSSR count). The molecule has 2 unspecified atom stereocenters. The summed E-state index contributed by atoms with van der Waals surface area (Å²) in [7, 11) is 1.69. The molecule has 2 aliphatic heterocycles. The molecule has 0 aromatic heterocycles. The smallest absolute Gasteiger partial charge is 0.234 e. The summed E-state index contributed by atoms with van der Waals surface area (Å²) in [6.45, 7) is 4.31. The van der Waals surface area contributed by atoms with Crippen LogP contribution in [0.1, 0.15) is 30.9 Å². The summed E-state index contributed by atoms with van der Waals surface area (Å²) in [5, 5.41) is 3.19. The molecule has 2 aliphatic rings. The van der Waals surface area contributed by atoms with E-state index >= 15 is 0 Å². The van der Waals surface area contributed by atoms with Crippen LogP contribution >= 0.6 is 0 Å². The molecule has 1 N–H and O–H groups in total. The van der Waals surface area contributed by atoms with Gasteiger partial charge in [-0.15, -0.1) is 0 Å². The Kier molecular flexibility index (Phi) is 6.35. The van der Waals surface area contributed by atoms with E-state index in [9.17, 15) is 4.79 Å². The average molecular weight is 394 g/mol. The van der Waals surface area contributed by atoms with Crippen molar-refractivity contribution in [2.24, 2.45) is 5.92 Å². The number of nitrogens with one attached hydrogen (secondary N) is 1. The summed E-state index contributed by atoms with van der Waals surface area (Å²) in [6.07, 6.45) is 3.38. The highest BCUT2D eigenvalue weighted by atomic mass is 16.5. The maximum absolute atomic E-state index is 12.6. The van der Waals surface area contributed by atoms with Gasteiger partial charge in [0, 0.05) is 31.4 Å². The molecule has 5 heteroatoms. The first-order valence-corrected chi connectivity index (χ1v) is 10.7. The molecular formula is C24H31N3O2. The van der Waals surface area contributed by atoms with Crippen LogP contribution in [0.4, 0.5) is 5.69 Å². The van der Waals surface area contributed by atoms with E-state index in [0.717, 1.165) is 51.2 Å². The zero-order chi connectivity index (χ0) is 20.1. The fourth-order valence-corrected chi connectivity index (χ4v) is 4.59. The summed E-state index contributed by atoms with van der Waals surface area (Å²) >= 11 is 0. The quantitative estimate of drug-likeness (QED) is 0.782. The second kappa shape index (κ2) is 9.31. The lowest BCUT2D eigenvalue weighted by Crippen LogP contribution is -2.39. The fraction of sp³-hybridized carbons (Fsp3) is 0.458. The summed E-state index contributed by atoms with van der Waals surface area (Å²) in [6, 6.07) is 19.1. The van der Waals surface area contributed by atoms with E-state index in [1.807, 2.05) is 12.1 Å². The number of methoxy groups -OCH3 is 1. The van der Waals surface area contributed by atoms with Gasteiger partial charge in [-0.2, -0.15) is 0 Å². The van der Waals surface area contributed by atoms with Crippen LogP contribution in [0.5, 0.6) is 5.75 Å². The minimum absolute atomic E-state index is 0.142. The van der Waals surface area contributed by atoms with Crippen molar-refractivity contribution in [3.8, 4) is 5.75 Å². The lowest BCUT2D eigenvalue weighted by molar-refractivity contribution is -0.122. The van der Waals surface area contributed by atoms with Gasteiger partial charge in [-0.3, -0.25) is 9.69 Å². The van der Waals surface area contributed by atoms with Crippen LogP contribution < -0.4 is 15.0 Å². The number of para-hydroxylation sites is 1. The van der Waals surface area contributed by atoms with Gasteiger partial charge in [-0.25, -0.2) is 0 Å². The highest BCUT2D eigenvalue weighted by molar-refractivity contribution is 5.78. The van der Waals surface area contributed by atoms with E-state index in [0.29, 0.717) is 18.5 Å². The molecule has 2 aromatic rings. The summed E-state index contributed by atoms with van der Waals surface area (Å²) in [5.41, 5.74) is 2.55. The molecule has 2 heterocycles. The molecular weight excluding hydrogens is 362 g/mol. The molecule has 154 valence electrons. The zero-order valence-corrected chi connectivity index (χ0v) is 17.2. The largest absolute Gasteiger partial charge is 0.497 e. The lowest BCUT2D eigenvalue weighted by atomic mass is 10.0. The summed E-state index contributed by atoms with van der Waals surface area (Å²) in [5.74, 6) is 1.54. The second-order valence-corrected chi connectivity index (χ2v) is 8.14. The minimum atomic E-state index is 0.142. The van der Waals surface area contributed by atoms with Crippen LogP contribution in [0.25, 0.3) is 0 Å². The fourth-order valence-electron chi connectivity index (χ4n) is 4.59. The Balaban J connectivity index is 1.25. The molecule has 5 nitrogen and oxygen atoms in total. The van der Waals surface area contributed by atoms with Crippen molar-refractivity contribution in [1.29, 1.82) is 0 Å².